The fourth-order valence-electron chi connectivity index (χ4n) is 2.25. The predicted molar refractivity (Wildman–Crippen MR) is 74.2 cm³/mol. The third kappa shape index (κ3) is 2.96. The molecule has 0 aliphatic carbocycles. The first-order valence-corrected chi connectivity index (χ1v) is 6.24. The average molecular weight is 257 g/mol. The Kier molecular flexibility index (Phi) is 3.90. The molecule has 2 rings (SSSR count). The van der Waals surface area contributed by atoms with Gasteiger partial charge in [0, 0.05) is 12.5 Å². The summed E-state index contributed by atoms with van der Waals surface area (Å²) in [5.74, 6) is 0.172. The van der Waals surface area contributed by atoms with Crippen LogP contribution in [0, 0.1) is 10.1 Å². The van der Waals surface area contributed by atoms with Gasteiger partial charge in [-0.3, -0.25) is 10.1 Å². The van der Waals surface area contributed by atoms with Gasteiger partial charge in [0.25, 0.3) is 5.69 Å². The third-order valence-electron chi connectivity index (χ3n) is 3.16. The number of aryl methyl sites for hydroxylation is 1. The van der Waals surface area contributed by atoms with Gasteiger partial charge in [0.2, 0.25) is 0 Å². The Morgan fingerprint density at radius 2 is 1.84 bits per heavy atom. The Balaban J connectivity index is 2.38. The molecule has 0 aliphatic heterocycles. The first-order valence-electron chi connectivity index (χ1n) is 6.24. The van der Waals surface area contributed by atoms with Crippen LogP contribution in [0.4, 0.5) is 5.69 Å². The maximum absolute atomic E-state index is 11.0. The van der Waals surface area contributed by atoms with Gasteiger partial charge in [0.05, 0.1) is 10.3 Å². The van der Waals surface area contributed by atoms with Gasteiger partial charge in [-0.1, -0.05) is 24.3 Å². The van der Waals surface area contributed by atoms with Crippen molar-refractivity contribution in [2.24, 2.45) is 0 Å². The van der Waals surface area contributed by atoms with E-state index in [0.717, 1.165) is 23.8 Å². The molecule has 2 aromatic rings. The number of rotatable bonds is 5. The standard InChI is InChI=1S/C15H15NO3/c1-11(17)5-4-6-12-9-10-15(16(18)19)14-8-3-2-7-13(12)14/h2-3,7-10H,4-6H2,1H3. The van der Waals surface area contributed by atoms with Crippen molar-refractivity contribution in [2.45, 2.75) is 26.2 Å². The molecule has 0 amide bonds. The minimum Gasteiger partial charge on any atom is -0.300 e. The number of nitro groups is 1. The molecule has 0 aliphatic rings. The summed E-state index contributed by atoms with van der Waals surface area (Å²) in [7, 11) is 0. The fourth-order valence-corrected chi connectivity index (χ4v) is 2.25. The van der Waals surface area contributed by atoms with E-state index in [1.165, 1.54) is 0 Å². The van der Waals surface area contributed by atoms with E-state index < -0.39 is 0 Å². The highest BCUT2D eigenvalue weighted by atomic mass is 16.6. The summed E-state index contributed by atoms with van der Waals surface area (Å²) in [5, 5.41) is 12.6. The highest BCUT2D eigenvalue weighted by Gasteiger charge is 2.13. The molecule has 0 fully saturated rings. The Morgan fingerprint density at radius 1 is 1.16 bits per heavy atom. The van der Waals surface area contributed by atoms with Gasteiger partial charge in [0.15, 0.2) is 0 Å². The van der Waals surface area contributed by atoms with Crippen LogP contribution in [0.2, 0.25) is 0 Å². The summed E-state index contributed by atoms with van der Waals surface area (Å²) < 4.78 is 0. The number of benzene rings is 2. The molecule has 2 aromatic carbocycles. The zero-order chi connectivity index (χ0) is 13.8. The van der Waals surface area contributed by atoms with Crippen molar-refractivity contribution in [3.63, 3.8) is 0 Å². The third-order valence-corrected chi connectivity index (χ3v) is 3.16. The molecule has 0 heterocycles. The van der Waals surface area contributed by atoms with Crippen LogP contribution in [0.1, 0.15) is 25.3 Å². The van der Waals surface area contributed by atoms with Crippen molar-refractivity contribution in [1.29, 1.82) is 0 Å². The second-order valence-electron chi connectivity index (χ2n) is 4.60. The van der Waals surface area contributed by atoms with E-state index in [1.54, 1.807) is 31.2 Å². The summed E-state index contributed by atoms with van der Waals surface area (Å²) >= 11 is 0. The number of carbonyl (C=O) groups is 1. The summed E-state index contributed by atoms with van der Waals surface area (Å²) in [6.45, 7) is 1.58. The maximum Gasteiger partial charge on any atom is 0.277 e. The average Bonchev–Trinajstić information content (AvgIpc) is 2.38. The highest BCUT2D eigenvalue weighted by Crippen LogP contribution is 2.29. The lowest BCUT2D eigenvalue weighted by Gasteiger charge is -2.06. The van der Waals surface area contributed by atoms with Gasteiger partial charge in [-0.25, -0.2) is 0 Å². The van der Waals surface area contributed by atoms with E-state index in [2.05, 4.69) is 0 Å². The van der Waals surface area contributed by atoms with Gasteiger partial charge in [-0.2, -0.15) is 0 Å². The molecule has 98 valence electrons. The normalized spacial score (nSPS) is 10.6. The lowest BCUT2D eigenvalue weighted by Crippen LogP contribution is -1.95. The number of hydrogen-bond acceptors (Lipinski definition) is 3. The van der Waals surface area contributed by atoms with Crippen LogP contribution in [-0.2, 0) is 11.2 Å². The molecule has 0 unspecified atom stereocenters. The number of ketones is 1. The highest BCUT2D eigenvalue weighted by molar-refractivity contribution is 5.93. The number of hydrogen-bond donors (Lipinski definition) is 0. The van der Waals surface area contributed by atoms with Crippen molar-refractivity contribution in [3.8, 4) is 0 Å². The zero-order valence-corrected chi connectivity index (χ0v) is 10.8. The molecular formula is C15H15NO3. The predicted octanol–water partition coefficient (Wildman–Crippen LogP) is 3.66. The van der Waals surface area contributed by atoms with Crippen LogP contribution in [0.15, 0.2) is 36.4 Å². The van der Waals surface area contributed by atoms with Crippen LogP contribution in [-0.4, -0.2) is 10.7 Å². The molecule has 0 spiro atoms. The maximum atomic E-state index is 11.0. The van der Waals surface area contributed by atoms with E-state index in [9.17, 15) is 14.9 Å². The zero-order valence-electron chi connectivity index (χ0n) is 10.8. The molecule has 0 radical (unpaired) electrons. The smallest absolute Gasteiger partial charge is 0.277 e. The topological polar surface area (TPSA) is 60.2 Å². The van der Waals surface area contributed by atoms with Crippen molar-refractivity contribution in [1.82, 2.24) is 0 Å². The molecule has 0 saturated carbocycles. The fraction of sp³-hybridized carbons (Fsp3) is 0.267. The van der Waals surface area contributed by atoms with Gasteiger partial charge in [-0.15, -0.1) is 0 Å². The minimum absolute atomic E-state index is 0.130. The largest absolute Gasteiger partial charge is 0.300 e. The lowest BCUT2D eigenvalue weighted by atomic mass is 9.98. The van der Waals surface area contributed by atoms with E-state index in [1.807, 2.05) is 12.1 Å². The first kappa shape index (κ1) is 13.2. The lowest BCUT2D eigenvalue weighted by molar-refractivity contribution is -0.383. The number of carbonyl (C=O) groups excluding carboxylic acids is 1. The summed E-state index contributed by atoms with van der Waals surface area (Å²) in [4.78, 5) is 21.6. The van der Waals surface area contributed by atoms with E-state index >= 15 is 0 Å². The van der Waals surface area contributed by atoms with Crippen LogP contribution in [0.25, 0.3) is 10.8 Å². The van der Waals surface area contributed by atoms with E-state index in [0.29, 0.717) is 11.8 Å². The van der Waals surface area contributed by atoms with E-state index in [4.69, 9.17) is 0 Å². The van der Waals surface area contributed by atoms with Crippen molar-refractivity contribution < 1.29 is 9.72 Å². The monoisotopic (exact) mass is 257 g/mol. The Bertz CT molecular complexity index is 634. The summed E-state index contributed by atoms with van der Waals surface area (Å²) in [6, 6.07) is 10.7. The van der Waals surface area contributed by atoms with Crippen molar-refractivity contribution in [2.75, 3.05) is 0 Å². The van der Waals surface area contributed by atoms with Crippen molar-refractivity contribution >= 4 is 22.2 Å². The second-order valence-corrected chi connectivity index (χ2v) is 4.60. The molecule has 0 bridgehead atoms. The Hall–Kier alpha value is -2.23. The van der Waals surface area contributed by atoms with Crippen LogP contribution in [0.3, 0.4) is 0 Å². The molecule has 19 heavy (non-hydrogen) atoms. The summed E-state index contributed by atoms with van der Waals surface area (Å²) in [5.41, 5.74) is 1.19. The number of nitro benzene ring substituents is 1. The molecular weight excluding hydrogens is 242 g/mol. The number of Topliss-reactive ketones (excluding diaryl/α,β-unsaturated/α-hetero) is 1. The number of nitrogens with zero attached hydrogens (tertiary/aromatic N) is 1. The number of non-ortho nitro benzene ring substituents is 1. The van der Waals surface area contributed by atoms with Gasteiger partial charge >= 0.3 is 0 Å². The van der Waals surface area contributed by atoms with Gasteiger partial charge < -0.3 is 4.79 Å². The molecule has 0 N–H and O–H groups in total. The quantitative estimate of drug-likeness (QED) is 0.606. The van der Waals surface area contributed by atoms with Gasteiger partial charge in [0.1, 0.15) is 5.78 Å². The number of fused-ring (bicyclic) bond motifs is 1. The van der Waals surface area contributed by atoms with Crippen LogP contribution < -0.4 is 0 Å². The Labute approximate surface area is 111 Å². The van der Waals surface area contributed by atoms with Crippen LogP contribution >= 0.6 is 0 Å². The summed E-state index contributed by atoms with van der Waals surface area (Å²) in [6.07, 6.45) is 2.08. The van der Waals surface area contributed by atoms with E-state index in [-0.39, 0.29) is 16.4 Å². The Morgan fingerprint density at radius 3 is 2.47 bits per heavy atom. The van der Waals surface area contributed by atoms with Crippen molar-refractivity contribution in [3.05, 3.63) is 52.1 Å². The SMILES string of the molecule is CC(=O)CCCc1ccc([N+](=O)[O-])c2ccccc12. The minimum atomic E-state index is -0.359. The van der Waals surface area contributed by atoms with Gasteiger partial charge in [-0.05, 0) is 36.8 Å². The molecule has 0 atom stereocenters. The molecule has 4 heteroatoms. The molecule has 0 saturated heterocycles. The molecule has 4 nitrogen and oxygen atoms in total. The first-order chi connectivity index (χ1) is 9.09. The molecule has 0 aromatic heterocycles. The van der Waals surface area contributed by atoms with Crippen LogP contribution in [0.5, 0.6) is 0 Å². The second kappa shape index (κ2) is 5.61.